The van der Waals surface area contributed by atoms with Crippen molar-refractivity contribution in [1.82, 2.24) is 15.8 Å². The molecule has 0 spiro atoms. The van der Waals surface area contributed by atoms with Crippen molar-refractivity contribution in [1.29, 1.82) is 0 Å². The van der Waals surface area contributed by atoms with Crippen LogP contribution in [-0.4, -0.2) is 16.8 Å². The Bertz CT molecular complexity index is 873. The van der Waals surface area contributed by atoms with Crippen molar-refractivity contribution in [3.05, 3.63) is 76.9 Å². The van der Waals surface area contributed by atoms with Gasteiger partial charge in [-0.3, -0.25) is 25.4 Å². The van der Waals surface area contributed by atoms with E-state index in [0.717, 1.165) is 5.39 Å². The Kier molecular flexibility index (Phi) is 4.21. The number of aromatic nitrogens is 1. The van der Waals surface area contributed by atoms with Crippen LogP contribution >= 0.6 is 11.6 Å². The first kappa shape index (κ1) is 15.0. The van der Waals surface area contributed by atoms with Crippen molar-refractivity contribution < 1.29 is 9.59 Å². The summed E-state index contributed by atoms with van der Waals surface area (Å²) in [5, 5.41) is 1.39. The number of halogens is 1. The lowest BCUT2D eigenvalue weighted by molar-refractivity contribution is 0.0847. The maximum atomic E-state index is 12.3. The molecule has 5 nitrogen and oxygen atoms in total. The number of hydrogen-bond donors (Lipinski definition) is 2. The SMILES string of the molecule is O=C(NNC(=O)c1cccc2cccnc12)c1ccc(Cl)cc1. The summed E-state index contributed by atoms with van der Waals surface area (Å²) in [5.74, 6) is -0.861. The molecule has 1 aromatic heterocycles. The largest absolute Gasteiger partial charge is 0.271 e. The van der Waals surface area contributed by atoms with Crippen LogP contribution in [0.2, 0.25) is 5.02 Å². The first-order valence-electron chi connectivity index (χ1n) is 6.85. The molecule has 3 rings (SSSR count). The molecule has 0 atom stereocenters. The van der Waals surface area contributed by atoms with Crippen LogP contribution in [0.4, 0.5) is 0 Å². The van der Waals surface area contributed by atoms with Crippen LogP contribution in [0.5, 0.6) is 0 Å². The lowest BCUT2D eigenvalue weighted by Gasteiger charge is -2.09. The van der Waals surface area contributed by atoms with Gasteiger partial charge in [0.05, 0.1) is 11.1 Å². The lowest BCUT2D eigenvalue weighted by Crippen LogP contribution is -2.41. The Morgan fingerprint density at radius 2 is 1.57 bits per heavy atom. The number of carbonyl (C=O) groups excluding carboxylic acids is 2. The first-order valence-corrected chi connectivity index (χ1v) is 7.23. The Hall–Kier alpha value is -2.92. The predicted octanol–water partition coefficient (Wildman–Crippen LogP) is 2.96. The number of hydrogen-bond acceptors (Lipinski definition) is 3. The summed E-state index contributed by atoms with van der Waals surface area (Å²) >= 11 is 5.77. The van der Waals surface area contributed by atoms with Crippen LogP contribution in [0.1, 0.15) is 20.7 Å². The summed E-state index contributed by atoms with van der Waals surface area (Å²) in [6.45, 7) is 0. The van der Waals surface area contributed by atoms with Gasteiger partial charge in [0.25, 0.3) is 11.8 Å². The molecule has 0 unspecified atom stereocenters. The predicted molar refractivity (Wildman–Crippen MR) is 88.1 cm³/mol. The highest BCUT2D eigenvalue weighted by Crippen LogP contribution is 2.15. The number of nitrogens with one attached hydrogen (secondary N) is 2. The minimum Gasteiger partial charge on any atom is -0.267 e. The number of benzene rings is 2. The van der Waals surface area contributed by atoms with Crippen molar-refractivity contribution >= 4 is 34.3 Å². The minimum absolute atomic E-state index is 0.388. The second-order valence-electron chi connectivity index (χ2n) is 4.80. The Morgan fingerprint density at radius 1 is 0.870 bits per heavy atom. The van der Waals surface area contributed by atoms with Crippen molar-refractivity contribution in [2.45, 2.75) is 0 Å². The van der Waals surface area contributed by atoms with Crippen LogP contribution < -0.4 is 10.9 Å². The highest BCUT2D eigenvalue weighted by Gasteiger charge is 2.12. The number of amides is 2. The molecule has 1 heterocycles. The van der Waals surface area contributed by atoms with E-state index in [-0.39, 0.29) is 0 Å². The van der Waals surface area contributed by atoms with Crippen molar-refractivity contribution in [3.8, 4) is 0 Å². The zero-order valence-electron chi connectivity index (χ0n) is 11.9. The van der Waals surface area contributed by atoms with E-state index in [0.29, 0.717) is 21.7 Å². The van der Waals surface area contributed by atoms with E-state index in [1.165, 1.54) is 0 Å². The topological polar surface area (TPSA) is 71.1 Å². The molecule has 2 amide bonds. The third kappa shape index (κ3) is 3.30. The summed E-state index contributed by atoms with van der Waals surface area (Å²) < 4.78 is 0. The monoisotopic (exact) mass is 325 g/mol. The number of para-hydroxylation sites is 1. The molecule has 0 radical (unpaired) electrons. The summed E-state index contributed by atoms with van der Waals surface area (Å²) in [5.41, 5.74) is 6.12. The van der Waals surface area contributed by atoms with Crippen LogP contribution in [0, 0.1) is 0 Å². The molecule has 114 valence electrons. The van der Waals surface area contributed by atoms with Crippen LogP contribution in [0.15, 0.2) is 60.8 Å². The number of carbonyl (C=O) groups is 2. The van der Waals surface area contributed by atoms with E-state index < -0.39 is 11.8 Å². The summed E-state index contributed by atoms with van der Waals surface area (Å²) in [7, 11) is 0. The highest BCUT2D eigenvalue weighted by molar-refractivity contribution is 6.30. The molecule has 0 saturated carbocycles. The molecule has 0 aliphatic carbocycles. The molecule has 0 aliphatic rings. The molecule has 2 N–H and O–H groups in total. The molecule has 23 heavy (non-hydrogen) atoms. The molecular formula is C17H12ClN3O2. The van der Waals surface area contributed by atoms with E-state index in [4.69, 9.17) is 11.6 Å². The number of rotatable bonds is 2. The van der Waals surface area contributed by atoms with E-state index in [9.17, 15) is 9.59 Å². The third-order valence-corrected chi connectivity index (χ3v) is 3.53. The smallest absolute Gasteiger partial charge is 0.267 e. The van der Waals surface area contributed by atoms with E-state index >= 15 is 0 Å². The molecule has 0 aliphatic heterocycles. The van der Waals surface area contributed by atoms with Gasteiger partial charge >= 0.3 is 0 Å². The fraction of sp³-hybridized carbons (Fsp3) is 0. The van der Waals surface area contributed by atoms with Crippen LogP contribution in [0.25, 0.3) is 10.9 Å². The van der Waals surface area contributed by atoms with Crippen LogP contribution in [-0.2, 0) is 0 Å². The third-order valence-electron chi connectivity index (χ3n) is 3.27. The van der Waals surface area contributed by atoms with Gasteiger partial charge in [0, 0.05) is 22.2 Å². The zero-order valence-corrected chi connectivity index (χ0v) is 12.7. The average molecular weight is 326 g/mol. The van der Waals surface area contributed by atoms with Crippen molar-refractivity contribution in [2.75, 3.05) is 0 Å². The quantitative estimate of drug-likeness (QED) is 0.712. The molecular weight excluding hydrogens is 314 g/mol. The Labute approximate surface area is 137 Å². The Morgan fingerprint density at radius 3 is 2.35 bits per heavy atom. The minimum atomic E-state index is -0.434. The number of fused-ring (bicyclic) bond motifs is 1. The molecule has 0 fully saturated rings. The molecule has 2 aromatic carbocycles. The maximum absolute atomic E-state index is 12.3. The van der Waals surface area contributed by atoms with Gasteiger partial charge in [-0.1, -0.05) is 29.8 Å². The van der Waals surface area contributed by atoms with Crippen LogP contribution in [0.3, 0.4) is 0 Å². The van der Waals surface area contributed by atoms with Crippen molar-refractivity contribution in [3.63, 3.8) is 0 Å². The van der Waals surface area contributed by atoms with Gasteiger partial charge in [-0.2, -0.15) is 0 Å². The van der Waals surface area contributed by atoms with Gasteiger partial charge in [0.2, 0.25) is 0 Å². The van der Waals surface area contributed by atoms with E-state index in [1.807, 2.05) is 12.1 Å². The van der Waals surface area contributed by atoms with Gasteiger partial charge < -0.3 is 0 Å². The van der Waals surface area contributed by atoms with Gasteiger partial charge in [0.15, 0.2) is 0 Å². The number of hydrazine groups is 1. The standard InChI is InChI=1S/C17H12ClN3O2/c18-13-8-6-12(7-9-13)16(22)20-21-17(23)14-5-1-3-11-4-2-10-19-15(11)14/h1-10H,(H,20,22)(H,21,23). The number of pyridine rings is 1. The fourth-order valence-electron chi connectivity index (χ4n) is 2.14. The average Bonchev–Trinajstić information content (AvgIpc) is 2.59. The molecule has 6 heteroatoms. The van der Waals surface area contributed by atoms with E-state index in [1.54, 1.807) is 48.7 Å². The van der Waals surface area contributed by atoms with Gasteiger partial charge in [-0.25, -0.2) is 0 Å². The molecule has 3 aromatic rings. The lowest BCUT2D eigenvalue weighted by atomic mass is 10.1. The fourth-order valence-corrected chi connectivity index (χ4v) is 2.27. The van der Waals surface area contributed by atoms with Crippen molar-refractivity contribution in [2.24, 2.45) is 0 Å². The number of nitrogens with zero attached hydrogens (tertiary/aromatic N) is 1. The van der Waals surface area contributed by atoms with Gasteiger partial charge in [-0.05, 0) is 36.4 Å². The Balaban J connectivity index is 1.74. The first-order chi connectivity index (χ1) is 11.1. The molecule has 0 bridgehead atoms. The normalized spacial score (nSPS) is 10.3. The zero-order chi connectivity index (χ0) is 16.2. The second-order valence-corrected chi connectivity index (χ2v) is 5.23. The highest BCUT2D eigenvalue weighted by atomic mass is 35.5. The van der Waals surface area contributed by atoms with Gasteiger partial charge in [0.1, 0.15) is 0 Å². The molecule has 0 saturated heterocycles. The van der Waals surface area contributed by atoms with E-state index in [2.05, 4.69) is 15.8 Å². The van der Waals surface area contributed by atoms with Gasteiger partial charge in [-0.15, -0.1) is 0 Å². The summed E-state index contributed by atoms with van der Waals surface area (Å²) in [6.07, 6.45) is 1.62. The maximum Gasteiger partial charge on any atom is 0.271 e. The summed E-state index contributed by atoms with van der Waals surface area (Å²) in [6, 6.07) is 15.3. The second kappa shape index (κ2) is 6.46. The summed E-state index contributed by atoms with van der Waals surface area (Å²) in [4.78, 5) is 28.4.